The Labute approximate surface area is 180 Å². The number of ether oxygens (including phenoxy) is 1. The Morgan fingerprint density at radius 3 is 2.48 bits per heavy atom. The van der Waals surface area contributed by atoms with E-state index >= 15 is 0 Å². The third kappa shape index (κ3) is 5.37. The zero-order chi connectivity index (χ0) is 22.4. The number of esters is 1. The molecule has 2 aromatic carbocycles. The number of carbonyl (C=O) groups excluding carboxylic acids is 2. The first kappa shape index (κ1) is 22.2. The van der Waals surface area contributed by atoms with Gasteiger partial charge in [-0.05, 0) is 24.1 Å². The third-order valence-corrected chi connectivity index (χ3v) is 5.35. The van der Waals surface area contributed by atoms with Gasteiger partial charge < -0.3 is 15.0 Å². The van der Waals surface area contributed by atoms with Gasteiger partial charge >= 0.3 is 5.97 Å². The van der Waals surface area contributed by atoms with Crippen molar-refractivity contribution in [2.24, 2.45) is 0 Å². The first-order valence-corrected chi connectivity index (χ1v) is 10.1. The molecule has 0 spiro atoms. The van der Waals surface area contributed by atoms with E-state index in [1.54, 1.807) is 6.07 Å². The van der Waals surface area contributed by atoms with Crippen LogP contribution in [-0.2, 0) is 16.0 Å². The minimum atomic E-state index is -0.616. The van der Waals surface area contributed by atoms with Gasteiger partial charge in [-0.3, -0.25) is 19.8 Å². The molecule has 0 atom stereocenters. The van der Waals surface area contributed by atoms with Gasteiger partial charge in [0.15, 0.2) is 0 Å². The molecule has 2 aromatic rings. The van der Waals surface area contributed by atoms with Crippen LogP contribution >= 0.6 is 0 Å². The molecule has 0 radical (unpaired) electrons. The zero-order valence-corrected chi connectivity index (χ0v) is 17.7. The average molecular weight is 426 g/mol. The van der Waals surface area contributed by atoms with Crippen molar-refractivity contribution in [3.63, 3.8) is 0 Å². The quantitative estimate of drug-likeness (QED) is 0.412. The number of piperazine rings is 1. The van der Waals surface area contributed by atoms with E-state index < -0.39 is 10.9 Å². The largest absolute Gasteiger partial charge is 0.465 e. The Bertz CT molecular complexity index is 970. The van der Waals surface area contributed by atoms with E-state index in [9.17, 15) is 19.7 Å². The molecule has 9 nitrogen and oxygen atoms in total. The molecule has 3 rings (SSSR count). The highest BCUT2D eigenvalue weighted by molar-refractivity contribution is 5.96. The summed E-state index contributed by atoms with van der Waals surface area (Å²) in [5.41, 5.74) is 2.53. The minimum absolute atomic E-state index is 0.0695. The number of nitrogens with zero attached hydrogens (tertiary/aromatic N) is 3. The van der Waals surface area contributed by atoms with Gasteiger partial charge in [0.05, 0.1) is 29.8 Å². The Morgan fingerprint density at radius 1 is 1.13 bits per heavy atom. The molecule has 1 fully saturated rings. The molecule has 0 aromatic heterocycles. The summed E-state index contributed by atoms with van der Waals surface area (Å²) < 4.78 is 4.80. The Kier molecular flexibility index (Phi) is 7.19. The lowest BCUT2D eigenvalue weighted by atomic mass is 10.1. The number of para-hydroxylation sites is 1. The summed E-state index contributed by atoms with van der Waals surface area (Å²) in [6.45, 7) is 4.74. The number of nitrogens with one attached hydrogen (secondary N) is 1. The second-order valence-corrected chi connectivity index (χ2v) is 7.27. The standard InChI is InChI=1S/C22H26N4O5/c1-3-16-6-4-5-7-19(16)23-21(27)15-24-10-12-25(13-11-24)20-9-8-17(26(29)30)14-18(20)22(28)31-2/h4-9,14H,3,10-13,15H2,1-2H3,(H,23,27). The van der Waals surface area contributed by atoms with E-state index in [2.05, 4.69) is 5.32 Å². The average Bonchev–Trinajstić information content (AvgIpc) is 2.79. The summed E-state index contributed by atoms with van der Waals surface area (Å²) in [4.78, 5) is 39.2. The number of nitro benzene ring substituents is 1. The molecular weight excluding hydrogens is 400 g/mol. The van der Waals surface area contributed by atoms with Crippen LogP contribution < -0.4 is 10.2 Å². The lowest BCUT2D eigenvalue weighted by Crippen LogP contribution is -2.49. The number of rotatable bonds is 7. The van der Waals surface area contributed by atoms with Crippen molar-refractivity contribution < 1.29 is 19.2 Å². The minimum Gasteiger partial charge on any atom is -0.465 e. The monoisotopic (exact) mass is 426 g/mol. The molecule has 0 aliphatic carbocycles. The van der Waals surface area contributed by atoms with Crippen LogP contribution in [0.1, 0.15) is 22.8 Å². The highest BCUT2D eigenvalue weighted by Crippen LogP contribution is 2.27. The predicted octanol–water partition coefficient (Wildman–Crippen LogP) is 2.70. The van der Waals surface area contributed by atoms with Crippen molar-refractivity contribution >= 4 is 28.9 Å². The zero-order valence-electron chi connectivity index (χ0n) is 17.7. The molecule has 1 aliphatic rings. The molecule has 9 heteroatoms. The number of carbonyl (C=O) groups is 2. The summed E-state index contributed by atoms with van der Waals surface area (Å²) in [6.07, 6.45) is 0.840. The van der Waals surface area contributed by atoms with Crippen LogP contribution in [0.2, 0.25) is 0 Å². The molecule has 1 N–H and O–H groups in total. The van der Waals surface area contributed by atoms with Gasteiger partial charge in [-0.15, -0.1) is 0 Å². The third-order valence-electron chi connectivity index (χ3n) is 5.35. The SMILES string of the molecule is CCc1ccccc1NC(=O)CN1CCN(c2ccc([N+](=O)[O-])cc2C(=O)OC)CC1. The summed E-state index contributed by atoms with van der Waals surface area (Å²) in [5.74, 6) is -0.685. The molecule has 0 unspecified atom stereocenters. The molecule has 1 amide bonds. The van der Waals surface area contributed by atoms with E-state index in [1.165, 1.54) is 19.2 Å². The van der Waals surface area contributed by atoms with Gasteiger partial charge in [0.1, 0.15) is 0 Å². The number of amides is 1. The predicted molar refractivity (Wildman–Crippen MR) is 118 cm³/mol. The van der Waals surface area contributed by atoms with E-state index in [0.717, 1.165) is 17.7 Å². The van der Waals surface area contributed by atoms with Crippen LogP contribution in [0.25, 0.3) is 0 Å². The fraction of sp³-hybridized carbons (Fsp3) is 0.364. The maximum absolute atomic E-state index is 12.5. The summed E-state index contributed by atoms with van der Waals surface area (Å²) in [7, 11) is 1.25. The van der Waals surface area contributed by atoms with E-state index in [4.69, 9.17) is 4.74 Å². The number of hydrogen-bond donors (Lipinski definition) is 1. The second-order valence-electron chi connectivity index (χ2n) is 7.27. The van der Waals surface area contributed by atoms with Gasteiger partial charge in [-0.25, -0.2) is 4.79 Å². The van der Waals surface area contributed by atoms with E-state index in [-0.39, 0.29) is 23.7 Å². The van der Waals surface area contributed by atoms with Gasteiger partial charge in [0.25, 0.3) is 5.69 Å². The number of hydrogen-bond acceptors (Lipinski definition) is 7. The second kappa shape index (κ2) is 10.0. The van der Waals surface area contributed by atoms with Crippen LogP contribution in [0, 0.1) is 10.1 Å². The molecule has 31 heavy (non-hydrogen) atoms. The molecular formula is C22H26N4O5. The molecule has 1 saturated heterocycles. The van der Waals surface area contributed by atoms with Crippen LogP contribution in [0.15, 0.2) is 42.5 Å². The number of aryl methyl sites for hydroxylation is 1. The number of non-ortho nitro benzene ring substituents is 1. The Balaban J connectivity index is 1.62. The van der Waals surface area contributed by atoms with Crippen molar-refractivity contribution in [3.8, 4) is 0 Å². The number of benzene rings is 2. The molecule has 0 saturated carbocycles. The summed E-state index contributed by atoms with van der Waals surface area (Å²) >= 11 is 0. The van der Waals surface area contributed by atoms with Crippen molar-refractivity contribution in [3.05, 3.63) is 63.7 Å². The number of anilines is 2. The molecule has 164 valence electrons. The first-order valence-electron chi connectivity index (χ1n) is 10.1. The highest BCUT2D eigenvalue weighted by Gasteiger charge is 2.25. The van der Waals surface area contributed by atoms with Crippen molar-refractivity contribution in [2.45, 2.75) is 13.3 Å². The Morgan fingerprint density at radius 2 is 1.84 bits per heavy atom. The smallest absolute Gasteiger partial charge is 0.340 e. The fourth-order valence-electron chi connectivity index (χ4n) is 3.68. The summed E-state index contributed by atoms with van der Waals surface area (Å²) in [5, 5.41) is 14.0. The molecule has 0 bridgehead atoms. The van der Waals surface area contributed by atoms with E-state index in [0.29, 0.717) is 31.9 Å². The van der Waals surface area contributed by atoms with Gasteiger partial charge in [0.2, 0.25) is 5.91 Å². The number of nitro groups is 1. The first-order chi connectivity index (χ1) is 14.9. The maximum Gasteiger partial charge on any atom is 0.340 e. The fourth-order valence-corrected chi connectivity index (χ4v) is 3.68. The van der Waals surface area contributed by atoms with Gasteiger partial charge in [-0.2, -0.15) is 0 Å². The molecule has 1 heterocycles. The van der Waals surface area contributed by atoms with Crippen molar-refractivity contribution in [1.29, 1.82) is 0 Å². The lowest BCUT2D eigenvalue weighted by molar-refractivity contribution is -0.384. The van der Waals surface area contributed by atoms with Crippen molar-refractivity contribution in [2.75, 3.05) is 50.1 Å². The number of methoxy groups -OCH3 is 1. The molecule has 1 aliphatic heterocycles. The normalized spacial score (nSPS) is 14.2. The van der Waals surface area contributed by atoms with Crippen LogP contribution in [-0.4, -0.2) is 61.5 Å². The van der Waals surface area contributed by atoms with Crippen LogP contribution in [0.5, 0.6) is 0 Å². The lowest BCUT2D eigenvalue weighted by Gasteiger charge is -2.36. The van der Waals surface area contributed by atoms with Crippen molar-refractivity contribution in [1.82, 2.24) is 4.90 Å². The van der Waals surface area contributed by atoms with Crippen LogP contribution in [0.4, 0.5) is 17.1 Å². The highest BCUT2D eigenvalue weighted by atomic mass is 16.6. The van der Waals surface area contributed by atoms with E-state index in [1.807, 2.05) is 41.0 Å². The van der Waals surface area contributed by atoms with Gasteiger partial charge in [0, 0.05) is 44.0 Å². The van der Waals surface area contributed by atoms with Gasteiger partial charge in [-0.1, -0.05) is 25.1 Å². The topological polar surface area (TPSA) is 105 Å². The summed E-state index contributed by atoms with van der Waals surface area (Å²) in [6, 6.07) is 12.0. The Hall–Kier alpha value is -3.46. The van der Waals surface area contributed by atoms with Crippen LogP contribution in [0.3, 0.4) is 0 Å². The maximum atomic E-state index is 12.5.